The minimum Gasteiger partial charge on any atom is -0.489 e. The lowest BCUT2D eigenvalue weighted by atomic mass is 10.1. The van der Waals surface area contributed by atoms with Crippen molar-refractivity contribution in [2.75, 3.05) is 0 Å². The summed E-state index contributed by atoms with van der Waals surface area (Å²) in [5.41, 5.74) is 4.34. The lowest BCUT2D eigenvalue weighted by Crippen LogP contribution is -2.30. The maximum absolute atomic E-state index is 11.1. The first-order valence-electron chi connectivity index (χ1n) is 6.53. The molecule has 0 spiro atoms. The number of hydrogen-bond acceptors (Lipinski definition) is 3. The summed E-state index contributed by atoms with van der Waals surface area (Å²) in [7, 11) is 0. The SMILES string of the molecule is NNC(=O)CCc1ccc(OCc2ccccc2)cc1. The van der Waals surface area contributed by atoms with Gasteiger partial charge < -0.3 is 4.74 Å². The molecule has 20 heavy (non-hydrogen) atoms. The molecule has 4 heteroatoms. The predicted molar refractivity (Wildman–Crippen MR) is 77.9 cm³/mol. The van der Waals surface area contributed by atoms with Crippen molar-refractivity contribution in [3.05, 3.63) is 65.7 Å². The zero-order valence-electron chi connectivity index (χ0n) is 11.2. The molecule has 2 aromatic carbocycles. The number of nitrogens with one attached hydrogen (secondary N) is 1. The van der Waals surface area contributed by atoms with Crippen molar-refractivity contribution in [3.8, 4) is 5.75 Å². The Kier molecular flexibility index (Phi) is 5.15. The molecular formula is C16H18N2O2. The maximum Gasteiger partial charge on any atom is 0.234 e. The van der Waals surface area contributed by atoms with E-state index in [1.807, 2.05) is 54.6 Å². The maximum atomic E-state index is 11.1. The lowest BCUT2D eigenvalue weighted by molar-refractivity contribution is -0.121. The number of hydrogen-bond donors (Lipinski definition) is 2. The number of rotatable bonds is 6. The van der Waals surface area contributed by atoms with Crippen LogP contribution in [0.15, 0.2) is 54.6 Å². The topological polar surface area (TPSA) is 64.3 Å². The zero-order chi connectivity index (χ0) is 14.2. The first-order chi connectivity index (χ1) is 9.78. The number of nitrogens with two attached hydrogens (primary N) is 1. The number of amides is 1. The lowest BCUT2D eigenvalue weighted by Gasteiger charge is -2.07. The highest BCUT2D eigenvalue weighted by Crippen LogP contribution is 2.15. The van der Waals surface area contributed by atoms with E-state index < -0.39 is 0 Å². The van der Waals surface area contributed by atoms with Crippen LogP contribution in [0, 0.1) is 0 Å². The fourth-order valence-corrected chi connectivity index (χ4v) is 1.82. The molecule has 0 unspecified atom stereocenters. The number of hydrazine groups is 1. The van der Waals surface area contributed by atoms with Crippen LogP contribution in [-0.2, 0) is 17.8 Å². The number of carbonyl (C=O) groups is 1. The normalized spacial score (nSPS) is 10.1. The predicted octanol–water partition coefficient (Wildman–Crippen LogP) is 2.19. The molecule has 104 valence electrons. The van der Waals surface area contributed by atoms with Gasteiger partial charge in [0.2, 0.25) is 5.91 Å². The largest absolute Gasteiger partial charge is 0.489 e. The highest BCUT2D eigenvalue weighted by atomic mass is 16.5. The zero-order valence-corrected chi connectivity index (χ0v) is 11.2. The van der Waals surface area contributed by atoms with E-state index in [0.717, 1.165) is 16.9 Å². The van der Waals surface area contributed by atoms with Crippen molar-refractivity contribution in [3.63, 3.8) is 0 Å². The molecule has 0 saturated carbocycles. The molecule has 1 amide bonds. The van der Waals surface area contributed by atoms with E-state index in [-0.39, 0.29) is 5.91 Å². The molecular weight excluding hydrogens is 252 g/mol. The van der Waals surface area contributed by atoms with Gasteiger partial charge in [-0.2, -0.15) is 0 Å². The van der Waals surface area contributed by atoms with Crippen LogP contribution in [0.5, 0.6) is 5.75 Å². The molecule has 0 heterocycles. The van der Waals surface area contributed by atoms with Gasteiger partial charge in [-0.1, -0.05) is 42.5 Å². The number of carbonyl (C=O) groups excluding carboxylic acids is 1. The Morgan fingerprint density at radius 2 is 1.70 bits per heavy atom. The molecule has 0 bridgehead atoms. The van der Waals surface area contributed by atoms with Crippen molar-refractivity contribution in [2.45, 2.75) is 19.4 Å². The summed E-state index contributed by atoms with van der Waals surface area (Å²) < 4.78 is 5.69. The average Bonchev–Trinajstić information content (AvgIpc) is 2.52. The molecule has 0 atom stereocenters. The van der Waals surface area contributed by atoms with E-state index in [2.05, 4.69) is 5.43 Å². The minimum absolute atomic E-state index is 0.158. The van der Waals surface area contributed by atoms with Gasteiger partial charge in [0.15, 0.2) is 0 Å². The van der Waals surface area contributed by atoms with Gasteiger partial charge in [0, 0.05) is 6.42 Å². The molecule has 0 aliphatic carbocycles. The average molecular weight is 270 g/mol. The first kappa shape index (κ1) is 14.1. The molecule has 0 aromatic heterocycles. The Bertz CT molecular complexity index is 538. The molecule has 2 aromatic rings. The summed E-state index contributed by atoms with van der Waals surface area (Å²) in [6.45, 7) is 0.551. The third-order valence-corrected chi connectivity index (χ3v) is 2.97. The van der Waals surface area contributed by atoms with Gasteiger partial charge in [-0.3, -0.25) is 10.2 Å². The summed E-state index contributed by atoms with van der Waals surface area (Å²) >= 11 is 0. The van der Waals surface area contributed by atoms with Crippen LogP contribution in [0.3, 0.4) is 0 Å². The number of benzene rings is 2. The Balaban J connectivity index is 1.84. The van der Waals surface area contributed by atoms with Gasteiger partial charge in [0.1, 0.15) is 12.4 Å². The van der Waals surface area contributed by atoms with E-state index in [0.29, 0.717) is 19.4 Å². The monoisotopic (exact) mass is 270 g/mol. The first-order valence-corrected chi connectivity index (χ1v) is 6.53. The van der Waals surface area contributed by atoms with Gasteiger partial charge in [-0.05, 0) is 29.7 Å². The molecule has 3 N–H and O–H groups in total. The van der Waals surface area contributed by atoms with Crippen molar-refractivity contribution >= 4 is 5.91 Å². The third kappa shape index (κ3) is 4.40. The second-order valence-electron chi connectivity index (χ2n) is 4.49. The van der Waals surface area contributed by atoms with Crippen LogP contribution < -0.4 is 16.0 Å². The summed E-state index contributed by atoms with van der Waals surface area (Å²) in [5.74, 6) is 5.70. The standard InChI is InChI=1S/C16H18N2O2/c17-18-16(19)11-8-13-6-9-15(10-7-13)20-12-14-4-2-1-3-5-14/h1-7,9-10H,8,11-12,17H2,(H,18,19). The second-order valence-corrected chi connectivity index (χ2v) is 4.49. The van der Waals surface area contributed by atoms with E-state index in [1.54, 1.807) is 0 Å². The van der Waals surface area contributed by atoms with E-state index in [9.17, 15) is 4.79 Å². The Labute approximate surface area is 118 Å². The Morgan fingerprint density at radius 3 is 2.35 bits per heavy atom. The summed E-state index contributed by atoms with van der Waals surface area (Å²) in [6, 6.07) is 17.8. The fraction of sp³-hybridized carbons (Fsp3) is 0.188. The van der Waals surface area contributed by atoms with Gasteiger partial charge in [-0.15, -0.1) is 0 Å². The quantitative estimate of drug-likeness (QED) is 0.480. The number of ether oxygens (including phenoxy) is 1. The number of aryl methyl sites for hydroxylation is 1. The van der Waals surface area contributed by atoms with Crippen LogP contribution in [-0.4, -0.2) is 5.91 Å². The highest BCUT2D eigenvalue weighted by molar-refractivity contribution is 5.75. The van der Waals surface area contributed by atoms with Crippen molar-refractivity contribution in [1.29, 1.82) is 0 Å². The van der Waals surface area contributed by atoms with Gasteiger partial charge in [0.25, 0.3) is 0 Å². The van der Waals surface area contributed by atoms with Crippen LogP contribution in [0.4, 0.5) is 0 Å². The summed E-state index contributed by atoms with van der Waals surface area (Å²) in [4.78, 5) is 11.1. The van der Waals surface area contributed by atoms with Crippen LogP contribution in [0.2, 0.25) is 0 Å². The highest BCUT2D eigenvalue weighted by Gasteiger charge is 2.01. The third-order valence-electron chi connectivity index (χ3n) is 2.97. The molecule has 0 radical (unpaired) electrons. The van der Waals surface area contributed by atoms with Crippen molar-refractivity contribution in [2.24, 2.45) is 5.84 Å². The molecule has 2 rings (SSSR count). The van der Waals surface area contributed by atoms with Crippen LogP contribution in [0.1, 0.15) is 17.5 Å². The van der Waals surface area contributed by atoms with Gasteiger partial charge >= 0.3 is 0 Å². The van der Waals surface area contributed by atoms with E-state index in [1.165, 1.54) is 0 Å². The van der Waals surface area contributed by atoms with Gasteiger partial charge in [-0.25, -0.2) is 5.84 Å². The summed E-state index contributed by atoms with van der Waals surface area (Å²) in [6.07, 6.45) is 1.06. The molecule has 4 nitrogen and oxygen atoms in total. The molecule has 0 aliphatic heterocycles. The summed E-state index contributed by atoms with van der Waals surface area (Å²) in [5, 5.41) is 0. The van der Waals surface area contributed by atoms with Crippen molar-refractivity contribution < 1.29 is 9.53 Å². The van der Waals surface area contributed by atoms with Gasteiger partial charge in [0.05, 0.1) is 0 Å². The smallest absolute Gasteiger partial charge is 0.234 e. The van der Waals surface area contributed by atoms with Crippen molar-refractivity contribution in [1.82, 2.24) is 5.43 Å². The molecule has 0 fully saturated rings. The second kappa shape index (κ2) is 7.31. The molecule has 0 saturated heterocycles. The van der Waals surface area contributed by atoms with Crippen LogP contribution in [0.25, 0.3) is 0 Å². The van der Waals surface area contributed by atoms with E-state index >= 15 is 0 Å². The molecule has 0 aliphatic rings. The Hall–Kier alpha value is -2.33. The Morgan fingerprint density at radius 1 is 1.00 bits per heavy atom. The minimum atomic E-state index is -0.158. The van der Waals surface area contributed by atoms with E-state index in [4.69, 9.17) is 10.6 Å². The fourth-order valence-electron chi connectivity index (χ4n) is 1.82. The van der Waals surface area contributed by atoms with Crippen LogP contribution >= 0.6 is 0 Å².